The summed E-state index contributed by atoms with van der Waals surface area (Å²) >= 11 is 1.16. The number of nitrogen functional groups attached to an aromatic ring is 1. The molecule has 0 bridgehead atoms. The maximum atomic E-state index is 11.2. The number of H-pyrrole nitrogens is 1. The SMILES string of the molecule is Cc1c(C)n(Cc2csc(=O)[nH]2)c2ncnc(N)c12. The van der Waals surface area contributed by atoms with Crippen LogP contribution in [0.15, 0.2) is 16.5 Å². The van der Waals surface area contributed by atoms with E-state index in [2.05, 4.69) is 15.0 Å². The molecule has 0 aliphatic rings. The number of hydrogen-bond acceptors (Lipinski definition) is 5. The third kappa shape index (κ3) is 1.82. The maximum absolute atomic E-state index is 11.2. The van der Waals surface area contributed by atoms with Gasteiger partial charge >= 0.3 is 4.87 Å². The standard InChI is InChI=1S/C12H13N5OS/c1-6-7(2)17(3-8-4-19-12(18)16-8)11-9(6)10(13)14-5-15-11/h4-5H,3H2,1-2H3,(H,16,18)(H2,13,14,15). The molecular weight excluding hydrogens is 262 g/mol. The van der Waals surface area contributed by atoms with Gasteiger partial charge in [-0.3, -0.25) is 4.79 Å². The molecule has 0 saturated carbocycles. The van der Waals surface area contributed by atoms with E-state index in [1.807, 2.05) is 23.8 Å². The predicted octanol–water partition coefficient (Wildman–Crippen LogP) is 1.43. The van der Waals surface area contributed by atoms with Crippen LogP contribution in [0, 0.1) is 13.8 Å². The molecule has 0 aliphatic heterocycles. The van der Waals surface area contributed by atoms with E-state index in [0.717, 1.165) is 39.3 Å². The molecule has 3 rings (SSSR count). The van der Waals surface area contributed by atoms with Crippen LogP contribution in [0.25, 0.3) is 11.0 Å². The topological polar surface area (TPSA) is 89.6 Å². The summed E-state index contributed by atoms with van der Waals surface area (Å²) in [7, 11) is 0. The number of nitrogens with two attached hydrogens (primary N) is 1. The Morgan fingerprint density at radius 1 is 1.42 bits per heavy atom. The minimum atomic E-state index is -0.0463. The number of aryl methyl sites for hydroxylation is 1. The summed E-state index contributed by atoms with van der Waals surface area (Å²) in [6.07, 6.45) is 1.46. The third-order valence-electron chi connectivity index (χ3n) is 3.33. The first-order valence-electron chi connectivity index (χ1n) is 5.80. The first-order valence-corrected chi connectivity index (χ1v) is 6.68. The van der Waals surface area contributed by atoms with Gasteiger partial charge in [0, 0.05) is 16.8 Å². The summed E-state index contributed by atoms with van der Waals surface area (Å²) in [5, 5.41) is 2.71. The number of anilines is 1. The Labute approximate surface area is 112 Å². The number of rotatable bonds is 2. The second kappa shape index (κ2) is 4.20. The van der Waals surface area contributed by atoms with E-state index in [4.69, 9.17) is 5.73 Å². The number of thiazole rings is 1. The Kier molecular flexibility index (Phi) is 2.63. The molecule has 7 heteroatoms. The van der Waals surface area contributed by atoms with Crippen molar-refractivity contribution in [2.45, 2.75) is 20.4 Å². The minimum Gasteiger partial charge on any atom is -0.383 e. The van der Waals surface area contributed by atoms with Gasteiger partial charge in [-0.2, -0.15) is 0 Å². The zero-order valence-electron chi connectivity index (χ0n) is 10.6. The second-order valence-electron chi connectivity index (χ2n) is 4.43. The van der Waals surface area contributed by atoms with Crippen LogP contribution in [0.5, 0.6) is 0 Å². The Morgan fingerprint density at radius 2 is 2.21 bits per heavy atom. The summed E-state index contributed by atoms with van der Waals surface area (Å²) in [5.74, 6) is 0.489. The summed E-state index contributed by atoms with van der Waals surface area (Å²) in [6.45, 7) is 4.59. The smallest absolute Gasteiger partial charge is 0.304 e. The fraction of sp³-hybridized carbons (Fsp3) is 0.250. The highest BCUT2D eigenvalue weighted by Crippen LogP contribution is 2.27. The molecule has 0 unspecified atom stereocenters. The zero-order valence-corrected chi connectivity index (χ0v) is 11.4. The van der Waals surface area contributed by atoms with Crippen LogP contribution in [0.3, 0.4) is 0 Å². The van der Waals surface area contributed by atoms with Crippen LogP contribution in [0.4, 0.5) is 5.82 Å². The minimum absolute atomic E-state index is 0.0463. The lowest BCUT2D eigenvalue weighted by molar-refractivity contribution is 0.771. The van der Waals surface area contributed by atoms with Crippen molar-refractivity contribution in [2.75, 3.05) is 5.73 Å². The molecule has 6 nitrogen and oxygen atoms in total. The number of aromatic amines is 1. The van der Waals surface area contributed by atoms with Gasteiger partial charge in [0.2, 0.25) is 0 Å². The summed E-state index contributed by atoms with van der Waals surface area (Å²) in [6, 6.07) is 0. The quantitative estimate of drug-likeness (QED) is 0.740. The molecule has 0 radical (unpaired) electrons. The van der Waals surface area contributed by atoms with Gasteiger partial charge in [0.25, 0.3) is 0 Å². The average Bonchev–Trinajstić information content (AvgIpc) is 2.88. The average molecular weight is 275 g/mol. The van der Waals surface area contributed by atoms with Gasteiger partial charge in [-0.1, -0.05) is 11.3 Å². The fourth-order valence-electron chi connectivity index (χ4n) is 2.25. The largest absolute Gasteiger partial charge is 0.383 e. The number of nitrogens with one attached hydrogen (secondary N) is 1. The fourth-order valence-corrected chi connectivity index (χ4v) is 2.82. The number of fused-ring (bicyclic) bond motifs is 1. The lowest BCUT2D eigenvalue weighted by Crippen LogP contribution is -2.05. The van der Waals surface area contributed by atoms with E-state index in [1.165, 1.54) is 6.33 Å². The summed E-state index contributed by atoms with van der Waals surface area (Å²) in [5.41, 5.74) is 9.74. The van der Waals surface area contributed by atoms with E-state index < -0.39 is 0 Å². The number of nitrogens with zero attached hydrogens (tertiary/aromatic N) is 3. The normalized spacial score (nSPS) is 11.3. The van der Waals surface area contributed by atoms with Crippen LogP contribution < -0.4 is 10.6 Å². The van der Waals surface area contributed by atoms with E-state index in [9.17, 15) is 4.79 Å². The molecule has 0 spiro atoms. The molecule has 3 N–H and O–H groups in total. The lowest BCUT2D eigenvalue weighted by Gasteiger charge is -2.05. The molecule has 0 saturated heterocycles. The van der Waals surface area contributed by atoms with E-state index in [-0.39, 0.29) is 4.87 Å². The highest BCUT2D eigenvalue weighted by atomic mass is 32.1. The molecule has 98 valence electrons. The van der Waals surface area contributed by atoms with Gasteiger partial charge in [0.05, 0.1) is 11.9 Å². The highest BCUT2D eigenvalue weighted by Gasteiger charge is 2.15. The first kappa shape index (κ1) is 11.9. The van der Waals surface area contributed by atoms with Crippen molar-refractivity contribution < 1.29 is 0 Å². The van der Waals surface area contributed by atoms with Crippen LogP contribution in [0.2, 0.25) is 0 Å². The van der Waals surface area contributed by atoms with E-state index in [0.29, 0.717) is 12.4 Å². The lowest BCUT2D eigenvalue weighted by atomic mass is 10.2. The molecular formula is C12H13N5OS. The Balaban J connectivity index is 2.21. The van der Waals surface area contributed by atoms with Gasteiger partial charge in [-0.25, -0.2) is 9.97 Å². The molecule has 3 aromatic heterocycles. The monoisotopic (exact) mass is 275 g/mol. The van der Waals surface area contributed by atoms with Crippen molar-refractivity contribution in [3.8, 4) is 0 Å². The van der Waals surface area contributed by atoms with Gasteiger partial charge < -0.3 is 15.3 Å². The molecule has 0 fully saturated rings. The molecule has 19 heavy (non-hydrogen) atoms. The highest BCUT2D eigenvalue weighted by molar-refractivity contribution is 7.07. The van der Waals surface area contributed by atoms with Crippen molar-refractivity contribution in [3.05, 3.63) is 38.3 Å². The van der Waals surface area contributed by atoms with Crippen molar-refractivity contribution in [1.82, 2.24) is 19.5 Å². The van der Waals surface area contributed by atoms with Gasteiger partial charge in [0.15, 0.2) is 0 Å². The van der Waals surface area contributed by atoms with Crippen LogP contribution >= 0.6 is 11.3 Å². The van der Waals surface area contributed by atoms with Crippen LogP contribution in [-0.2, 0) is 6.54 Å². The van der Waals surface area contributed by atoms with E-state index in [1.54, 1.807) is 0 Å². The van der Waals surface area contributed by atoms with E-state index >= 15 is 0 Å². The molecule has 0 amide bonds. The van der Waals surface area contributed by atoms with Crippen molar-refractivity contribution >= 4 is 28.2 Å². The van der Waals surface area contributed by atoms with Crippen molar-refractivity contribution in [1.29, 1.82) is 0 Å². The Bertz CT molecular complexity index is 813. The zero-order chi connectivity index (χ0) is 13.6. The van der Waals surface area contributed by atoms with Crippen LogP contribution in [0.1, 0.15) is 17.0 Å². The number of hydrogen-bond donors (Lipinski definition) is 2. The van der Waals surface area contributed by atoms with Crippen molar-refractivity contribution in [3.63, 3.8) is 0 Å². The summed E-state index contributed by atoms with van der Waals surface area (Å²) < 4.78 is 2.04. The molecule has 0 atom stereocenters. The summed E-state index contributed by atoms with van der Waals surface area (Å²) in [4.78, 5) is 22.3. The second-order valence-corrected chi connectivity index (χ2v) is 5.27. The van der Waals surface area contributed by atoms with Gasteiger partial charge in [-0.05, 0) is 19.4 Å². The molecule has 3 aromatic rings. The van der Waals surface area contributed by atoms with Gasteiger partial charge in [-0.15, -0.1) is 0 Å². The van der Waals surface area contributed by atoms with Crippen LogP contribution in [-0.4, -0.2) is 19.5 Å². The maximum Gasteiger partial charge on any atom is 0.304 e. The Hall–Kier alpha value is -2.15. The predicted molar refractivity (Wildman–Crippen MR) is 75.5 cm³/mol. The first-order chi connectivity index (χ1) is 9.08. The molecule has 3 heterocycles. The number of aromatic nitrogens is 4. The van der Waals surface area contributed by atoms with Crippen molar-refractivity contribution in [2.24, 2.45) is 0 Å². The van der Waals surface area contributed by atoms with Gasteiger partial charge in [0.1, 0.15) is 17.8 Å². The third-order valence-corrected chi connectivity index (χ3v) is 4.05. The molecule has 0 aliphatic carbocycles. The Morgan fingerprint density at radius 3 is 2.89 bits per heavy atom. The molecule has 0 aromatic carbocycles.